The Hall–Kier alpha value is -0.940. The van der Waals surface area contributed by atoms with Gasteiger partial charge < -0.3 is 5.32 Å². The minimum Gasteiger partial charge on any atom is -0.313 e. The number of nitrogens with one attached hydrogen (secondary N) is 1. The Morgan fingerprint density at radius 2 is 2.21 bits per heavy atom. The van der Waals surface area contributed by atoms with E-state index in [0.717, 1.165) is 32.0 Å². The first kappa shape index (κ1) is 14.5. The van der Waals surface area contributed by atoms with Crippen LogP contribution < -0.4 is 5.32 Å². The molecule has 0 aromatic carbocycles. The van der Waals surface area contributed by atoms with Crippen LogP contribution in [0.3, 0.4) is 0 Å². The Labute approximate surface area is 116 Å². The van der Waals surface area contributed by atoms with Crippen LogP contribution >= 0.6 is 0 Å². The third-order valence-corrected chi connectivity index (χ3v) is 3.76. The van der Waals surface area contributed by atoms with Gasteiger partial charge in [-0.05, 0) is 32.7 Å². The van der Waals surface area contributed by atoms with E-state index < -0.39 is 0 Å². The van der Waals surface area contributed by atoms with Gasteiger partial charge in [0.25, 0.3) is 0 Å². The largest absolute Gasteiger partial charge is 0.313 e. The summed E-state index contributed by atoms with van der Waals surface area (Å²) in [6.45, 7) is 13.0. The van der Waals surface area contributed by atoms with Crippen LogP contribution in [0.2, 0.25) is 0 Å². The van der Waals surface area contributed by atoms with Crippen molar-refractivity contribution in [2.75, 3.05) is 13.1 Å². The minimum atomic E-state index is 0.548. The molecule has 0 amide bonds. The highest BCUT2D eigenvalue weighted by molar-refractivity contribution is 4.88. The van der Waals surface area contributed by atoms with E-state index in [-0.39, 0.29) is 0 Å². The lowest BCUT2D eigenvalue weighted by Crippen LogP contribution is -2.38. The smallest absolute Gasteiger partial charge is 0.141 e. The molecule has 108 valence electrons. The van der Waals surface area contributed by atoms with Crippen LogP contribution in [0.1, 0.15) is 39.9 Å². The first-order valence-electron chi connectivity index (χ1n) is 7.40. The molecule has 5 heteroatoms. The molecule has 2 unspecified atom stereocenters. The minimum absolute atomic E-state index is 0.548. The second kappa shape index (κ2) is 6.48. The molecule has 1 N–H and O–H groups in total. The predicted molar refractivity (Wildman–Crippen MR) is 76.8 cm³/mol. The Morgan fingerprint density at radius 3 is 2.95 bits per heavy atom. The summed E-state index contributed by atoms with van der Waals surface area (Å²) in [5, 5.41) is 7.90. The van der Waals surface area contributed by atoms with Gasteiger partial charge in [0, 0.05) is 25.2 Å². The van der Waals surface area contributed by atoms with Gasteiger partial charge in [0.05, 0.1) is 6.54 Å². The SMILES string of the molecule is CC(C)Cn1ncnc1CN1CC(C)NCCC1C. The first-order valence-corrected chi connectivity index (χ1v) is 7.40. The molecule has 1 aliphatic heterocycles. The molecule has 2 heterocycles. The zero-order valence-corrected chi connectivity index (χ0v) is 12.6. The average molecular weight is 265 g/mol. The highest BCUT2D eigenvalue weighted by atomic mass is 15.4. The van der Waals surface area contributed by atoms with Crippen molar-refractivity contribution in [3.8, 4) is 0 Å². The van der Waals surface area contributed by atoms with Crippen molar-refractivity contribution in [3.63, 3.8) is 0 Å². The predicted octanol–water partition coefficient (Wildman–Crippen LogP) is 1.51. The summed E-state index contributed by atoms with van der Waals surface area (Å²) in [7, 11) is 0. The fourth-order valence-electron chi connectivity index (χ4n) is 2.63. The molecule has 5 nitrogen and oxygen atoms in total. The lowest BCUT2D eigenvalue weighted by Gasteiger charge is -2.27. The summed E-state index contributed by atoms with van der Waals surface area (Å²) in [6, 6.07) is 1.15. The summed E-state index contributed by atoms with van der Waals surface area (Å²) in [6.07, 6.45) is 2.88. The molecule has 2 rings (SSSR count). The summed E-state index contributed by atoms with van der Waals surface area (Å²) < 4.78 is 2.06. The number of aromatic nitrogens is 3. The van der Waals surface area contributed by atoms with Gasteiger partial charge in [-0.1, -0.05) is 13.8 Å². The molecular weight excluding hydrogens is 238 g/mol. The molecule has 2 atom stereocenters. The molecule has 1 saturated heterocycles. The zero-order chi connectivity index (χ0) is 13.8. The van der Waals surface area contributed by atoms with Crippen molar-refractivity contribution in [1.29, 1.82) is 0 Å². The molecule has 0 spiro atoms. The van der Waals surface area contributed by atoms with Gasteiger partial charge in [0.1, 0.15) is 12.2 Å². The normalized spacial score (nSPS) is 25.7. The maximum absolute atomic E-state index is 4.44. The van der Waals surface area contributed by atoms with Crippen molar-refractivity contribution in [2.45, 2.75) is 59.3 Å². The number of hydrogen-bond acceptors (Lipinski definition) is 4. The lowest BCUT2D eigenvalue weighted by molar-refractivity contribution is 0.189. The maximum Gasteiger partial charge on any atom is 0.141 e. The van der Waals surface area contributed by atoms with Crippen molar-refractivity contribution in [1.82, 2.24) is 25.0 Å². The molecule has 0 bridgehead atoms. The molecule has 1 fully saturated rings. The Kier molecular flexibility index (Phi) is 4.93. The Balaban J connectivity index is 2.04. The second-order valence-corrected chi connectivity index (χ2v) is 6.17. The van der Waals surface area contributed by atoms with Gasteiger partial charge in [-0.15, -0.1) is 0 Å². The van der Waals surface area contributed by atoms with Gasteiger partial charge >= 0.3 is 0 Å². The van der Waals surface area contributed by atoms with E-state index in [2.05, 4.69) is 52.7 Å². The Morgan fingerprint density at radius 1 is 1.42 bits per heavy atom. The van der Waals surface area contributed by atoms with E-state index in [0.29, 0.717) is 18.0 Å². The van der Waals surface area contributed by atoms with E-state index >= 15 is 0 Å². The van der Waals surface area contributed by atoms with E-state index in [4.69, 9.17) is 0 Å². The molecule has 1 aromatic heterocycles. The van der Waals surface area contributed by atoms with Crippen LogP contribution in [0, 0.1) is 5.92 Å². The fourth-order valence-corrected chi connectivity index (χ4v) is 2.63. The fraction of sp³-hybridized carbons (Fsp3) is 0.857. The van der Waals surface area contributed by atoms with Gasteiger partial charge in [-0.25, -0.2) is 9.67 Å². The maximum atomic E-state index is 4.44. The van der Waals surface area contributed by atoms with Crippen LogP contribution in [0.5, 0.6) is 0 Å². The molecule has 0 aliphatic carbocycles. The van der Waals surface area contributed by atoms with Gasteiger partial charge in [-0.2, -0.15) is 5.10 Å². The number of nitrogens with zero attached hydrogens (tertiary/aromatic N) is 4. The summed E-state index contributed by atoms with van der Waals surface area (Å²) >= 11 is 0. The highest BCUT2D eigenvalue weighted by Gasteiger charge is 2.22. The molecule has 1 aromatic rings. The van der Waals surface area contributed by atoms with Crippen LogP contribution in [0.25, 0.3) is 0 Å². The third kappa shape index (κ3) is 4.01. The molecular formula is C14H27N5. The lowest BCUT2D eigenvalue weighted by atomic mass is 10.2. The monoisotopic (exact) mass is 265 g/mol. The van der Waals surface area contributed by atoms with Crippen molar-refractivity contribution in [3.05, 3.63) is 12.2 Å². The third-order valence-electron chi connectivity index (χ3n) is 3.76. The standard InChI is InChI=1S/C14H27N5/c1-11(2)7-19-14(16-10-17-19)9-18-8-12(3)15-6-5-13(18)4/h10-13,15H,5-9H2,1-4H3. The van der Waals surface area contributed by atoms with Crippen LogP contribution in [0.15, 0.2) is 6.33 Å². The molecule has 1 aliphatic rings. The van der Waals surface area contributed by atoms with E-state index in [9.17, 15) is 0 Å². The zero-order valence-electron chi connectivity index (χ0n) is 12.6. The van der Waals surface area contributed by atoms with Crippen LogP contribution in [-0.2, 0) is 13.1 Å². The summed E-state index contributed by atoms with van der Waals surface area (Å²) in [5.74, 6) is 1.69. The average Bonchev–Trinajstić information content (AvgIpc) is 2.67. The van der Waals surface area contributed by atoms with Crippen LogP contribution in [-0.4, -0.2) is 44.8 Å². The number of rotatable bonds is 4. The molecule has 0 saturated carbocycles. The van der Waals surface area contributed by atoms with Gasteiger partial charge in [0.2, 0.25) is 0 Å². The quantitative estimate of drug-likeness (QED) is 0.896. The Bertz CT molecular complexity index is 387. The van der Waals surface area contributed by atoms with Crippen molar-refractivity contribution in [2.24, 2.45) is 5.92 Å². The van der Waals surface area contributed by atoms with Crippen LogP contribution in [0.4, 0.5) is 0 Å². The van der Waals surface area contributed by atoms with Crippen molar-refractivity contribution < 1.29 is 0 Å². The topological polar surface area (TPSA) is 46.0 Å². The molecule has 19 heavy (non-hydrogen) atoms. The van der Waals surface area contributed by atoms with Gasteiger partial charge in [-0.3, -0.25) is 4.90 Å². The van der Waals surface area contributed by atoms with E-state index in [1.54, 1.807) is 6.33 Å². The first-order chi connectivity index (χ1) is 9.06. The summed E-state index contributed by atoms with van der Waals surface area (Å²) in [4.78, 5) is 6.96. The molecule has 0 radical (unpaired) electrons. The second-order valence-electron chi connectivity index (χ2n) is 6.17. The number of hydrogen-bond donors (Lipinski definition) is 1. The van der Waals surface area contributed by atoms with Crippen molar-refractivity contribution >= 4 is 0 Å². The van der Waals surface area contributed by atoms with E-state index in [1.165, 1.54) is 6.42 Å². The van der Waals surface area contributed by atoms with E-state index in [1.807, 2.05) is 0 Å². The highest BCUT2D eigenvalue weighted by Crippen LogP contribution is 2.13. The van der Waals surface area contributed by atoms with Gasteiger partial charge in [0.15, 0.2) is 0 Å². The summed E-state index contributed by atoms with van der Waals surface area (Å²) in [5.41, 5.74) is 0.